The molecule has 0 spiro atoms. The van der Waals surface area contributed by atoms with E-state index in [4.69, 9.17) is 5.73 Å². The maximum atomic E-state index is 14.2. The van der Waals surface area contributed by atoms with Crippen LogP contribution in [0.4, 0.5) is 10.1 Å². The average molecular weight is 251 g/mol. The fourth-order valence-electron chi connectivity index (χ4n) is 2.54. The molecule has 1 aromatic carbocycles. The predicted molar refractivity (Wildman–Crippen MR) is 73.3 cm³/mol. The molecule has 0 saturated carbocycles. The summed E-state index contributed by atoms with van der Waals surface area (Å²) in [7, 11) is 2.10. The van der Waals surface area contributed by atoms with Crippen molar-refractivity contribution in [3.05, 3.63) is 29.6 Å². The molecule has 4 heteroatoms. The SMILES string of the molecule is CC(N)c1ccc(N2CCN(C)CC2C)c(F)c1. The molecule has 2 rings (SSSR count). The van der Waals surface area contributed by atoms with Crippen LogP contribution in [-0.2, 0) is 0 Å². The molecule has 0 aliphatic carbocycles. The van der Waals surface area contributed by atoms with Gasteiger partial charge in [0.2, 0.25) is 0 Å². The zero-order valence-corrected chi connectivity index (χ0v) is 11.4. The molecule has 1 aromatic rings. The molecule has 1 aliphatic rings. The van der Waals surface area contributed by atoms with E-state index in [0.29, 0.717) is 11.7 Å². The fourth-order valence-corrected chi connectivity index (χ4v) is 2.54. The quantitative estimate of drug-likeness (QED) is 0.872. The van der Waals surface area contributed by atoms with Crippen molar-refractivity contribution in [2.24, 2.45) is 5.73 Å². The zero-order chi connectivity index (χ0) is 13.3. The van der Waals surface area contributed by atoms with Gasteiger partial charge in [-0.25, -0.2) is 4.39 Å². The molecule has 0 radical (unpaired) electrons. The van der Waals surface area contributed by atoms with E-state index in [1.54, 1.807) is 6.07 Å². The highest BCUT2D eigenvalue weighted by atomic mass is 19.1. The third kappa shape index (κ3) is 2.65. The molecule has 100 valence electrons. The first-order chi connectivity index (χ1) is 8.49. The summed E-state index contributed by atoms with van der Waals surface area (Å²) in [6, 6.07) is 5.55. The Bertz CT molecular complexity index is 420. The van der Waals surface area contributed by atoms with E-state index in [1.807, 2.05) is 19.1 Å². The van der Waals surface area contributed by atoms with Crippen molar-refractivity contribution < 1.29 is 4.39 Å². The number of anilines is 1. The Balaban J connectivity index is 2.23. The Morgan fingerprint density at radius 2 is 2.11 bits per heavy atom. The van der Waals surface area contributed by atoms with Crippen molar-refractivity contribution in [1.29, 1.82) is 0 Å². The van der Waals surface area contributed by atoms with Crippen LogP contribution >= 0.6 is 0 Å². The molecule has 1 fully saturated rings. The Labute approximate surface area is 108 Å². The highest BCUT2D eigenvalue weighted by molar-refractivity contribution is 5.51. The summed E-state index contributed by atoms with van der Waals surface area (Å²) in [4.78, 5) is 4.41. The average Bonchev–Trinajstić information content (AvgIpc) is 2.30. The van der Waals surface area contributed by atoms with E-state index in [-0.39, 0.29) is 11.9 Å². The minimum Gasteiger partial charge on any atom is -0.364 e. The highest BCUT2D eigenvalue weighted by Gasteiger charge is 2.23. The van der Waals surface area contributed by atoms with Gasteiger partial charge in [-0.3, -0.25) is 0 Å². The number of hydrogen-bond donors (Lipinski definition) is 1. The summed E-state index contributed by atoms with van der Waals surface area (Å²) >= 11 is 0. The second-order valence-electron chi connectivity index (χ2n) is 5.30. The molecule has 1 heterocycles. The summed E-state index contributed by atoms with van der Waals surface area (Å²) in [5.74, 6) is -0.166. The third-order valence-electron chi connectivity index (χ3n) is 3.64. The van der Waals surface area contributed by atoms with Gasteiger partial charge >= 0.3 is 0 Å². The number of benzene rings is 1. The Morgan fingerprint density at radius 3 is 2.67 bits per heavy atom. The van der Waals surface area contributed by atoms with Crippen LogP contribution in [0.1, 0.15) is 25.5 Å². The molecular weight excluding hydrogens is 229 g/mol. The number of piperazine rings is 1. The minimum absolute atomic E-state index is 0.126. The molecular formula is C14H22FN3. The van der Waals surface area contributed by atoms with Crippen LogP contribution in [0, 0.1) is 5.82 Å². The Kier molecular flexibility index (Phi) is 3.88. The van der Waals surface area contributed by atoms with Crippen molar-refractivity contribution in [3.63, 3.8) is 0 Å². The van der Waals surface area contributed by atoms with Gasteiger partial charge in [-0.05, 0) is 38.6 Å². The lowest BCUT2D eigenvalue weighted by atomic mass is 10.1. The summed E-state index contributed by atoms with van der Waals surface area (Å²) in [5, 5.41) is 0. The van der Waals surface area contributed by atoms with E-state index in [2.05, 4.69) is 23.8 Å². The van der Waals surface area contributed by atoms with Gasteiger partial charge in [-0.1, -0.05) is 6.07 Å². The molecule has 0 aromatic heterocycles. The predicted octanol–water partition coefficient (Wildman–Crippen LogP) is 1.99. The summed E-state index contributed by atoms with van der Waals surface area (Å²) < 4.78 is 14.2. The number of nitrogens with two attached hydrogens (primary N) is 1. The van der Waals surface area contributed by atoms with Crippen molar-refractivity contribution in [3.8, 4) is 0 Å². The van der Waals surface area contributed by atoms with Gasteiger partial charge in [0.25, 0.3) is 0 Å². The van der Waals surface area contributed by atoms with Crippen LogP contribution in [0.5, 0.6) is 0 Å². The third-order valence-corrected chi connectivity index (χ3v) is 3.64. The van der Waals surface area contributed by atoms with Gasteiger partial charge in [0.05, 0.1) is 5.69 Å². The summed E-state index contributed by atoms with van der Waals surface area (Å²) in [5.41, 5.74) is 7.31. The standard InChI is InChI=1S/C14H22FN3/c1-10-9-17(3)6-7-18(10)14-5-4-12(11(2)16)8-13(14)15/h4-5,8,10-11H,6-7,9,16H2,1-3H3. The largest absolute Gasteiger partial charge is 0.364 e. The molecule has 0 amide bonds. The lowest BCUT2D eigenvalue weighted by molar-refractivity contribution is 0.274. The molecule has 1 aliphatic heterocycles. The van der Waals surface area contributed by atoms with Crippen LogP contribution in [0.25, 0.3) is 0 Å². The number of likely N-dealkylation sites (N-methyl/N-ethyl adjacent to an activating group) is 1. The van der Waals surface area contributed by atoms with Gasteiger partial charge in [-0.15, -0.1) is 0 Å². The minimum atomic E-state index is -0.166. The van der Waals surface area contributed by atoms with Crippen LogP contribution in [0.2, 0.25) is 0 Å². The Hall–Kier alpha value is -1.13. The lowest BCUT2D eigenvalue weighted by Crippen LogP contribution is -2.50. The Morgan fingerprint density at radius 1 is 1.39 bits per heavy atom. The number of halogens is 1. The number of rotatable bonds is 2. The van der Waals surface area contributed by atoms with Gasteiger partial charge in [0, 0.05) is 31.7 Å². The summed E-state index contributed by atoms with van der Waals surface area (Å²) in [6.07, 6.45) is 0. The van der Waals surface area contributed by atoms with E-state index >= 15 is 0 Å². The molecule has 0 bridgehead atoms. The van der Waals surface area contributed by atoms with Gasteiger partial charge in [-0.2, -0.15) is 0 Å². The van der Waals surface area contributed by atoms with Crippen molar-refractivity contribution >= 4 is 5.69 Å². The second kappa shape index (κ2) is 5.24. The van der Waals surface area contributed by atoms with Crippen LogP contribution in [0.15, 0.2) is 18.2 Å². The smallest absolute Gasteiger partial charge is 0.146 e. The number of nitrogens with zero attached hydrogens (tertiary/aromatic N) is 2. The van der Waals surface area contributed by atoms with Gasteiger partial charge < -0.3 is 15.5 Å². The maximum absolute atomic E-state index is 14.2. The number of hydrogen-bond acceptors (Lipinski definition) is 3. The van der Waals surface area contributed by atoms with E-state index in [9.17, 15) is 4.39 Å². The van der Waals surface area contributed by atoms with Crippen molar-refractivity contribution in [1.82, 2.24) is 4.90 Å². The van der Waals surface area contributed by atoms with Crippen LogP contribution in [0.3, 0.4) is 0 Å². The topological polar surface area (TPSA) is 32.5 Å². The van der Waals surface area contributed by atoms with Gasteiger partial charge in [0.1, 0.15) is 5.82 Å². The second-order valence-corrected chi connectivity index (χ2v) is 5.30. The van der Waals surface area contributed by atoms with Crippen molar-refractivity contribution in [2.45, 2.75) is 25.9 Å². The zero-order valence-electron chi connectivity index (χ0n) is 11.4. The first kappa shape index (κ1) is 13.3. The van der Waals surface area contributed by atoms with Gasteiger partial charge in [0.15, 0.2) is 0 Å². The van der Waals surface area contributed by atoms with Crippen molar-refractivity contribution in [2.75, 3.05) is 31.6 Å². The van der Waals surface area contributed by atoms with E-state index < -0.39 is 0 Å². The highest BCUT2D eigenvalue weighted by Crippen LogP contribution is 2.26. The summed E-state index contributed by atoms with van der Waals surface area (Å²) in [6.45, 7) is 6.81. The normalized spacial score (nSPS) is 23.2. The molecule has 3 nitrogen and oxygen atoms in total. The monoisotopic (exact) mass is 251 g/mol. The lowest BCUT2D eigenvalue weighted by Gasteiger charge is -2.40. The molecule has 2 atom stereocenters. The molecule has 2 unspecified atom stereocenters. The van der Waals surface area contributed by atoms with Crippen LogP contribution < -0.4 is 10.6 Å². The first-order valence-corrected chi connectivity index (χ1v) is 6.49. The maximum Gasteiger partial charge on any atom is 0.146 e. The molecule has 18 heavy (non-hydrogen) atoms. The van der Waals surface area contributed by atoms with Crippen LogP contribution in [-0.4, -0.2) is 37.6 Å². The molecule has 2 N–H and O–H groups in total. The van der Waals surface area contributed by atoms with E-state index in [1.165, 1.54) is 0 Å². The fraction of sp³-hybridized carbons (Fsp3) is 0.571. The molecule has 1 saturated heterocycles. The van der Waals surface area contributed by atoms with E-state index in [0.717, 1.165) is 25.2 Å². The first-order valence-electron chi connectivity index (χ1n) is 6.49.